The molecule has 0 aliphatic carbocycles. The Balaban J connectivity index is 1.60. The van der Waals surface area contributed by atoms with Crippen molar-refractivity contribution in [1.29, 1.82) is 0 Å². The molecule has 8 heteroatoms. The summed E-state index contributed by atoms with van der Waals surface area (Å²) >= 11 is 0. The Kier molecular flexibility index (Phi) is 6.13. The van der Waals surface area contributed by atoms with E-state index in [0.29, 0.717) is 28.8 Å². The molecule has 0 aliphatic rings. The lowest BCUT2D eigenvalue weighted by Crippen LogP contribution is -2.34. The van der Waals surface area contributed by atoms with Gasteiger partial charge in [-0.25, -0.2) is 4.98 Å². The minimum atomic E-state index is -0.531. The molecule has 0 aliphatic heterocycles. The van der Waals surface area contributed by atoms with E-state index >= 15 is 0 Å². The predicted octanol–water partition coefficient (Wildman–Crippen LogP) is 2.22. The number of nitrogens with two attached hydrogens (primary N) is 1. The highest BCUT2D eigenvalue weighted by atomic mass is 16.2. The van der Waals surface area contributed by atoms with Crippen molar-refractivity contribution < 1.29 is 14.4 Å². The molecule has 8 nitrogen and oxygen atoms in total. The summed E-state index contributed by atoms with van der Waals surface area (Å²) in [6.45, 7) is 2.52. The molecular weight excluding hydrogens is 370 g/mol. The van der Waals surface area contributed by atoms with Gasteiger partial charge >= 0.3 is 0 Å². The van der Waals surface area contributed by atoms with Crippen molar-refractivity contribution in [2.75, 3.05) is 18.4 Å². The predicted molar refractivity (Wildman–Crippen MR) is 109 cm³/mol. The molecule has 3 N–H and O–H groups in total. The maximum absolute atomic E-state index is 12.7. The van der Waals surface area contributed by atoms with Gasteiger partial charge in [0.15, 0.2) is 0 Å². The van der Waals surface area contributed by atoms with Crippen molar-refractivity contribution in [1.82, 2.24) is 14.9 Å². The molecule has 148 valence electrons. The van der Waals surface area contributed by atoms with Gasteiger partial charge in [-0.15, -0.1) is 0 Å². The summed E-state index contributed by atoms with van der Waals surface area (Å²) in [5, 5.41) is 2.73. The van der Waals surface area contributed by atoms with E-state index in [2.05, 4.69) is 15.3 Å². The molecule has 2 aromatic carbocycles. The van der Waals surface area contributed by atoms with Gasteiger partial charge < -0.3 is 16.0 Å². The molecule has 0 unspecified atom stereocenters. The van der Waals surface area contributed by atoms with Crippen LogP contribution in [0.2, 0.25) is 0 Å². The first-order chi connectivity index (χ1) is 14.0. The van der Waals surface area contributed by atoms with Crippen LogP contribution in [-0.4, -0.2) is 45.7 Å². The van der Waals surface area contributed by atoms with Crippen molar-refractivity contribution in [3.63, 3.8) is 0 Å². The molecule has 0 radical (unpaired) electrons. The van der Waals surface area contributed by atoms with E-state index in [4.69, 9.17) is 5.73 Å². The Morgan fingerprint density at radius 1 is 1.03 bits per heavy atom. The first-order valence-electron chi connectivity index (χ1n) is 9.18. The van der Waals surface area contributed by atoms with Crippen molar-refractivity contribution in [3.8, 4) is 0 Å². The number of nitrogens with zero attached hydrogens (tertiary/aromatic N) is 3. The van der Waals surface area contributed by atoms with Crippen LogP contribution in [0.5, 0.6) is 0 Å². The summed E-state index contributed by atoms with van der Waals surface area (Å²) in [5.41, 5.74) is 7.71. The molecule has 3 rings (SSSR count). The number of primary amides is 1. The number of amides is 3. The molecule has 1 heterocycles. The molecule has 1 aromatic heterocycles. The lowest BCUT2D eigenvalue weighted by atomic mass is 10.2. The zero-order chi connectivity index (χ0) is 20.8. The summed E-state index contributed by atoms with van der Waals surface area (Å²) in [6, 6.07) is 13.6. The second kappa shape index (κ2) is 8.92. The fourth-order valence-electron chi connectivity index (χ4n) is 2.80. The van der Waals surface area contributed by atoms with Gasteiger partial charge in [0.05, 0.1) is 17.2 Å². The summed E-state index contributed by atoms with van der Waals surface area (Å²) in [4.78, 5) is 46.2. The Hall–Kier alpha value is -3.81. The minimum Gasteiger partial charge on any atom is -0.366 e. The van der Waals surface area contributed by atoms with E-state index in [0.717, 1.165) is 0 Å². The van der Waals surface area contributed by atoms with E-state index in [1.54, 1.807) is 23.1 Å². The maximum atomic E-state index is 12.7. The SMILES string of the molecule is CCN(CCC(=O)Nc1ccc(C(N)=O)cc1)C(=O)c1cnc2ccccc2n1. The molecule has 3 aromatic rings. The lowest BCUT2D eigenvalue weighted by Gasteiger charge is -2.20. The third kappa shape index (κ3) is 4.92. The number of carbonyl (C=O) groups is 3. The average molecular weight is 391 g/mol. The third-order valence-corrected chi connectivity index (χ3v) is 4.40. The van der Waals surface area contributed by atoms with Crippen molar-refractivity contribution >= 4 is 34.4 Å². The average Bonchev–Trinajstić information content (AvgIpc) is 2.74. The Bertz CT molecular complexity index is 1050. The van der Waals surface area contributed by atoms with Crippen LogP contribution in [0, 0.1) is 0 Å². The second-order valence-corrected chi connectivity index (χ2v) is 6.37. The zero-order valence-electron chi connectivity index (χ0n) is 16.0. The van der Waals surface area contributed by atoms with Crippen LogP contribution in [0.4, 0.5) is 5.69 Å². The highest BCUT2D eigenvalue weighted by Gasteiger charge is 2.17. The highest BCUT2D eigenvalue weighted by Crippen LogP contribution is 2.12. The molecular formula is C21H21N5O3. The number of aromatic nitrogens is 2. The Labute approximate surface area is 167 Å². The highest BCUT2D eigenvalue weighted by molar-refractivity contribution is 5.96. The third-order valence-electron chi connectivity index (χ3n) is 4.40. The van der Waals surface area contributed by atoms with Gasteiger partial charge in [0.1, 0.15) is 5.69 Å². The van der Waals surface area contributed by atoms with Crippen LogP contribution >= 0.6 is 0 Å². The number of hydrogen-bond acceptors (Lipinski definition) is 5. The summed E-state index contributed by atoms with van der Waals surface area (Å²) in [6.07, 6.45) is 1.58. The zero-order valence-corrected chi connectivity index (χ0v) is 16.0. The van der Waals surface area contributed by atoms with Gasteiger partial charge in [0.25, 0.3) is 5.91 Å². The van der Waals surface area contributed by atoms with Crippen molar-refractivity contribution in [2.24, 2.45) is 5.73 Å². The normalized spacial score (nSPS) is 10.5. The van der Waals surface area contributed by atoms with Gasteiger partial charge in [0.2, 0.25) is 11.8 Å². The van der Waals surface area contributed by atoms with E-state index in [-0.39, 0.29) is 30.5 Å². The number of nitrogens with one attached hydrogen (secondary N) is 1. The number of fused-ring (bicyclic) bond motifs is 1. The number of benzene rings is 2. The van der Waals surface area contributed by atoms with Crippen LogP contribution in [0.25, 0.3) is 11.0 Å². The van der Waals surface area contributed by atoms with E-state index in [1.165, 1.54) is 18.3 Å². The summed E-state index contributed by atoms with van der Waals surface area (Å²) in [5.74, 6) is -1.05. The van der Waals surface area contributed by atoms with Crippen LogP contribution in [0.15, 0.2) is 54.7 Å². The van der Waals surface area contributed by atoms with E-state index < -0.39 is 5.91 Å². The van der Waals surface area contributed by atoms with Gasteiger partial charge in [-0.2, -0.15) is 0 Å². The molecule has 29 heavy (non-hydrogen) atoms. The number of para-hydroxylation sites is 2. The molecule has 0 bridgehead atoms. The summed E-state index contributed by atoms with van der Waals surface area (Å²) in [7, 11) is 0. The van der Waals surface area contributed by atoms with Crippen LogP contribution in [0.1, 0.15) is 34.2 Å². The van der Waals surface area contributed by atoms with Crippen LogP contribution in [-0.2, 0) is 4.79 Å². The first kappa shape index (κ1) is 19.9. The quantitative estimate of drug-likeness (QED) is 0.640. The van der Waals surface area contributed by atoms with Crippen LogP contribution < -0.4 is 11.1 Å². The van der Waals surface area contributed by atoms with E-state index in [1.807, 2.05) is 25.1 Å². The minimum absolute atomic E-state index is 0.123. The molecule has 0 saturated heterocycles. The number of rotatable bonds is 7. The largest absolute Gasteiger partial charge is 0.366 e. The van der Waals surface area contributed by atoms with Gasteiger partial charge in [0, 0.05) is 30.8 Å². The monoisotopic (exact) mass is 391 g/mol. The maximum Gasteiger partial charge on any atom is 0.274 e. The van der Waals surface area contributed by atoms with Gasteiger partial charge in [-0.1, -0.05) is 12.1 Å². The van der Waals surface area contributed by atoms with Crippen LogP contribution in [0.3, 0.4) is 0 Å². The topological polar surface area (TPSA) is 118 Å². The standard InChI is InChI=1S/C21H21N5O3/c1-2-26(21(29)18-13-23-16-5-3-4-6-17(16)25-18)12-11-19(27)24-15-9-7-14(8-10-15)20(22)28/h3-10,13H,2,11-12H2,1H3,(H2,22,28)(H,24,27). The fraction of sp³-hybridized carbons (Fsp3) is 0.190. The van der Waals surface area contributed by atoms with Gasteiger partial charge in [-0.05, 0) is 43.3 Å². The number of carbonyl (C=O) groups excluding carboxylic acids is 3. The molecule has 0 spiro atoms. The Morgan fingerprint density at radius 3 is 2.38 bits per heavy atom. The first-order valence-corrected chi connectivity index (χ1v) is 9.18. The second-order valence-electron chi connectivity index (χ2n) is 6.37. The lowest BCUT2D eigenvalue weighted by molar-refractivity contribution is -0.116. The summed E-state index contributed by atoms with van der Waals surface area (Å²) < 4.78 is 0. The van der Waals surface area contributed by atoms with Crippen molar-refractivity contribution in [2.45, 2.75) is 13.3 Å². The molecule has 0 atom stereocenters. The van der Waals surface area contributed by atoms with Crippen molar-refractivity contribution in [3.05, 3.63) is 66.0 Å². The smallest absolute Gasteiger partial charge is 0.274 e. The molecule has 0 fully saturated rings. The number of anilines is 1. The van der Waals surface area contributed by atoms with E-state index in [9.17, 15) is 14.4 Å². The molecule has 0 saturated carbocycles. The number of hydrogen-bond donors (Lipinski definition) is 2. The Morgan fingerprint density at radius 2 is 1.72 bits per heavy atom. The fourth-order valence-corrected chi connectivity index (χ4v) is 2.80. The van der Waals surface area contributed by atoms with Gasteiger partial charge in [-0.3, -0.25) is 19.4 Å². The molecule has 3 amide bonds.